The summed E-state index contributed by atoms with van der Waals surface area (Å²) in [6, 6.07) is 19.5. The molecule has 0 unspecified atom stereocenters. The summed E-state index contributed by atoms with van der Waals surface area (Å²) in [4.78, 5) is 47.0. The molecule has 12 heteroatoms. The van der Waals surface area contributed by atoms with Crippen molar-refractivity contribution in [1.82, 2.24) is 39.0 Å². The first-order chi connectivity index (χ1) is 27.1. The Hall–Kier alpha value is -4.10. The maximum atomic E-state index is 12.2. The van der Waals surface area contributed by atoms with Gasteiger partial charge in [-0.2, -0.15) is 0 Å². The van der Waals surface area contributed by atoms with Crippen LogP contribution < -0.4 is 11.4 Å². The number of unbranched alkanes of at least 4 members (excludes halogenated alkanes) is 3. The number of rotatable bonds is 15. The predicted octanol–water partition coefficient (Wildman–Crippen LogP) is 11.2. The molecule has 0 saturated carbocycles. The van der Waals surface area contributed by atoms with Gasteiger partial charge < -0.3 is 0 Å². The molecule has 10 nitrogen and oxygen atoms in total. The van der Waals surface area contributed by atoms with E-state index in [1.807, 2.05) is 93.6 Å². The van der Waals surface area contributed by atoms with Gasteiger partial charge in [-0.3, -0.25) is 19.1 Å². The second-order valence-corrected chi connectivity index (χ2v) is 28.1. The molecule has 0 aliphatic carbocycles. The van der Waals surface area contributed by atoms with Gasteiger partial charge in [-0.15, -0.1) is 0 Å². The first kappa shape index (κ1) is 44.6. The van der Waals surface area contributed by atoms with Crippen LogP contribution in [0, 0.1) is 0 Å². The molecule has 0 fully saturated rings. The smallest absolute Gasteiger partial charge is 0.289 e. The second-order valence-electron chi connectivity index (χ2n) is 14.3. The number of nitrogens with zero attached hydrogens (tertiary/aromatic N) is 6. The zero-order chi connectivity index (χ0) is 40.5. The van der Waals surface area contributed by atoms with E-state index in [4.69, 9.17) is 0 Å². The Labute approximate surface area is 344 Å². The fourth-order valence-corrected chi connectivity index (χ4v) is 22.0. The Morgan fingerprint density at radius 3 is 1.55 bits per heavy atom. The quantitative estimate of drug-likeness (QED) is 0.0988. The largest absolute Gasteiger partial charge is 0.329 e. The molecule has 0 amide bonds. The third kappa shape index (κ3) is 12.0. The number of hydrogen-bond acceptors (Lipinski definition) is 6. The van der Waals surface area contributed by atoms with Gasteiger partial charge in [-0.1, -0.05) is 66.7 Å². The van der Waals surface area contributed by atoms with Crippen LogP contribution in [0.1, 0.15) is 116 Å². The van der Waals surface area contributed by atoms with E-state index in [0.29, 0.717) is 27.2 Å². The minimum atomic E-state index is -1.84. The summed E-state index contributed by atoms with van der Waals surface area (Å²) >= 11 is 1.44. The molecule has 6 aromatic rings. The normalized spacial score (nSPS) is 12.8. The summed E-state index contributed by atoms with van der Waals surface area (Å²) in [6.07, 6.45) is 17.9. The van der Waals surface area contributed by atoms with Gasteiger partial charge in [0.25, 0.3) is 0 Å². The molecule has 56 heavy (non-hydrogen) atoms. The van der Waals surface area contributed by atoms with Gasteiger partial charge in [0.15, 0.2) is 22.6 Å². The van der Waals surface area contributed by atoms with Crippen LogP contribution in [-0.4, -0.2) is 57.4 Å². The predicted molar refractivity (Wildman–Crippen MR) is 239 cm³/mol. The monoisotopic (exact) mass is 930 g/mol. The number of fused-ring (bicyclic) bond motifs is 2. The molecule has 298 valence electrons. The third-order valence-corrected chi connectivity index (χ3v) is 25.0. The number of allylic oxidation sites excluding steroid dienone is 2. The number of H-pyrrole nitrogens is 2. The van der Waals surface area contributed by atoms with Gasteiger partial charge in [-0.05, 0) is 53.9 Å². The zero-order valence-electron chi connectivity index (χ0n) is 34.1. The summed E-state index contributed by atoms with van der Waals surface area (Å²) in [6.45, 7) is 15.1. The molecular formula is C44H59BrN8O2Sn. The third-order valence-electron chi connectivity index (χ3n) is 10.1. The van der Waals surface area contributed by atoms with E-state index in [-0.39, 0.29) is 23.5 Å². The second kappa shape index (κ2) is 22.6. The molecular weight excluding hydrogens is 871 g/mol. The van der Waals surface area contributed by atoms with Crippen LogP contribution in [0.3, 0.4) is 0 Å². The van der Waals surface area contributed by atoms with E-state index in [1.54, 1.807) is 34.8 Å². The van der Waals surface area contributed by atoms with Crippen LogP contribution in [0.15, 0.2) is 103 Å². The average Bonchev–Trinajstić information content (AvgIpc) is 3.73. The number of benzene rings is 2. The van der Waals surface area contributed by atoms with Crippen molar-refractivity contribution in [2.45, 2.75) is 112 Å². The molecule has 0 radical (unpaired) electrons. The molecule has 0 bridgehead atoms. The molecule has 0 aliphatic rings. The molecule has 2 N–H and O–H groups in total. The summed E-state index contributed by atoms with van der Waals surface area (Å²) in [7, 11) is 0. The Balaban J connectivity index is 0.000000189. The number of imidazole rings is 2. The molecule has 0 spiro atoms. The zero-order valence-corrected chi connectivity index (χ0v) is 38.6. The van der Waals surface area contributed by atoms with Crippen molar-refractivity contribution >= 4 is 63.0 Å². The molecule has 2 aromatic carbocycles. The fourth-order valence-electron chi connectivity index (χ4n) is 7.07. The van der Waals surface area contributed by atoms with Gasteiger partial charge in [-0.25, -0.2) is 29.5 Å². The molecule has 0 saturated heterocycles. The van der Waals surface area contributed by atoms with E-state index >= 15 is 0 Å². The standard InChI is InChI=1S/C16H16N4O.C13H11BrN4O.3C4H9.C3H5.Sn/c1-3-7-13-10-17-14-15(18-13)20(16(21)19-14)11(2)12-8-5-4-6-9-12;1-8(9-5-3-2-4-6-9)18-12-11(17-13(18)19)15-7-10(14)16-12;3*1-3-4-2;1-3-2;/h3-11H,1-2H3,(H,17,19,21);2-8H,1H3,(H,15,17,19);3*1,3-4H2,2H3;1,3H,2H3;/b7-3+;;;;;;/t11-;8-;;;;;/m00...../s1. The SMILES string of the molecule is C/C=C/c1cnc2[nH]c(=O)n([C@@H](C)c3ccccc3)c2n1.C/C=[CH]/[Sn]([CH2]CCC)([CH2]CCC)[CH2]CCC.C[C@@H](c1ccccc1)n1c(=O)[nH]c2ncc(Br)nc21. The van der Waals surface area contributed by atoms with Gasteiger partial charge in [0.05, 0.1) is 30.2 Å². The van der Waals surface area contributed by atoms with Crippen molar-refractivity contribution in [2.75, 3.05) is 0 Å². The van der Waals surface area contributed by atoms with Crippen molar-refractivity contribution in [3.63, 3.8) is 0 Å². The number of nitrogens with one attached hydrogen (secondary N) is 2. The van der Waals surface area contributed by atoms with E-state index < -0.39 is 18.4 Å². The molecule has 0 aliphatic heterocycles. The number of aromatic nitrogens is 8. The summed E-state index contributed by atoms with van der Waals surface area (Å²) in [5.41, 5.74) is 4.57. The average molecular weight is 931 g/mol. The van der Waals surface area contributed by atoms with Gasteiger partial charge in [0, 0.05) is 0 Å². The van der Waals surface area contributed by atoms with E-state index in [1.165, 1.54) is 38.5 Å². The molecule has 6 rings (SSSR count). The van der Waals surface area contributed by atoms with E-state index in [9.17, 15) is 9.59 Å². The van der Waals surface area contributed by atoms with Gasteiger partial charge >= 0.3 is 119 Å². The van der Waals surface area contributed by atoms with Crippen LogP contribution in [0.4, 0.5) is 0 Å². The number of hydrogen-bond donors (Lipinski definition) is 2. The summed E-state index contributed by atoms with van der Waals surface area (Å²) in [5.74, 6) is 0. The van der Waals surface area contributed by atoms with Crippen molar-refractivity contribution in [3.05, 3.63) is 132 Å². The first-order valence-corrected chi connectivity index (χ1v) is 28.6. The summed E-state index contributed by atoms with van der Waals surface area (Å²) in [5, 5.41) is 0. The fraction of sp³-hybridized carbons (Fsp3) is 0.409. The summed E-state index contributed by atoms with van der Waals surface area (Å²) < 4.78 is 11.4. The maximum Gasteiger partial charge on any atom is 0.329 e. The van der Waals surface area contributed by atoms with Crippen molar-refractivity contribution in [1.29, 1.82) is 0 Å². The van der Waals surface area contributed by atoms with Crippen molar-refractivity contribution in [2.24, 2.45) is 0 Å². The molecule has 4 aromatic heterocycles. The minimum Gasteiger partial charge on any atom is -0.289 e. The number of aromatic amines is 2. The van der Waals surface area contributed by atoms with Crippen LogP contribution in [0.2, 0.25) is 13.3 Å². The molecule has 2 atom stereocenters. The Morgan fingerprint density at radius 1 is 0.679 bits per heavy atom. The van der Waals surface area contributed by atoms with Crippen molar-refractivity contribution in [3.8, 4) is 0 Å². The minimum absolute atomic E-state index is 0.106. The van der Waals surface area contributed by atoms with Crippen LogP contribution in [0.25, 0.3) is 28.7 Å². The van der Waals surface area contributed by atoms with Crippen molar-refractivity contribution < 1.29 is 0 Å². The number of halogens is 1. The van der Waals surface area contributed by atoms with Crippen LogP contribution in [-0.2, 0) is 0 Å². The van der Waals surface area contributed by atoms with Crippen LogP contribution in [0.5, 0.6) is 0 Å². The van der Waals surface area contributed by atoms with Crippen LogP contribution >= 0.6 is 15.9 Å². The Bertz CT molecular complexity index is 2240. The maximum absolute atomic E-state index is 12.2. The Morgan fingerprint density at radius 2 is 1.12 bits per heavy atom. The van der Waals surface area contributed by atoms with E-state index in [2.05, 4.69) is 83.7 Å². The molecule has 4 heterocycles. The van der Waals surface area contributed by atoms with Gasteiger partial charge in [0.2, 0.25) is 0 Å². The first-order valence-electron chi connectivity index (χ1n) is 20.1. The van der Waals surface area contributed by atoms with E-state index in [0.717, 1.165) is 16.8 Å². The van der Waals surface area contributed by atoms with Gasteiger partial charge in [0.1, 0.15) is 4.60 Å². The topological polar surface area (TPSA) is 127 Å². The Kier molecular flexibility index (Phi) is 18.0.